The quantitative estimate of drug-likeness (QED) is 0.339. The predicted molar refractivity (Wildman–Crippen MR) is 112 cm³/mol. The van der Waals surface area contributed by atoms with E-state index < -0.39 is 5.97 Å². The molecule has 150 valence electrons. The normalized spacial score (nSPS) is 28.1. The van der Waals surface area contributed by atoms with E-state index in [1.165, 1.54) is 17.4 Å². The zero-order valence-corrected chi connectivity index (χ0v) is 16.7. The van der Waals surface area contributed by atoms with Crippen LogP contribution in [0.3, 0.4) is 0 Å². The Hall–Kier alpha value is -3.47. The number of allylic oxidation sites excluding steroid dienone is 4. The van der Waals surface area contributed by atoms with Crippen LogP contribution < -0.4 is 9.64 Å². The van der Waals surface area contributed by atoms with E-state index in [2.05, 4.69) is 31.2 Å². The first-order valence-electron chi connectivity index (χ1n) is 10.1. The molecule has 1 saturated heterocycles. The third-order valence-electron chi connectivity index (χ3n) is 6.39. The number of hydrogen-bond acceptors (Lipinski definition) is 4. The molecule has 2 amide bonds. The highest BCUT2D eigenvalue weighted by Gasteiger charge is 2.62. The van der Waals surface area contributed by atoms with Crippen molar-refractivity contribution in [3.05, 3.63) is 77.9 Å². The van der Waals surface area contributed by atoms with Crippen LogP contribution >= 0.6 is 0 Å². The number of carbonyl (C=O) groups is 3. The summed E-state index contributed by atoms with van der Waals surface area (Å²) in [5.41, 5.74) is 3.90. The molecule has 1 saturated carbocycles. The van der Waals surface area contributed by atoms with E-state index in [-0.39, 0.29) is 35.5 Å². The maximum Gasteiger partial charge on any atom is 0.308 e. The number of rotatable bonds is 3. The number of ether oxygens (including phenoxy) is 1. The summed E-state index contributed by atoms with van der Waals surface area (Å²) >= 11 is 0. The fourth-order valence-corrected chi connectivity index (χ4v) is 5.22. The Morgan fingerprint density at radius 2 is 1.50 bits per heavy atom. The molecule has 30 heavy (non-hydrogen) atoms. The van der Waals surface area contributed by atoms with E-state index in [1.807, 2.05) is 18.2 Å². The summed E-state index contributed by atoms with van der Waals surface area (Å²) in [4.78, 5) is 39.3. The summed E-state index contributed by atoms with van der Waals surface area (Å²) in [6, 6.07) is 16.7. The second-order valence-electron chi connectivity index (χ2n) is 8.04. The smallest absolute Gasteiger partial charge is 0.308 e. The number of carbonyl (C=O) groups excluding carboxylic acids is 3. The van der Waals surface area contributed by atoms with Crippen LogP contribution in [0.2, 0.25) is 0 Å². The number of anilines is 1. The van der Waals surface area contributed by atoms with Crippen molar-refractivity contribution in [1.29, 1.82) is 0 Å². The number of imide groups is 1. The van der Waals surface area contributed by atoms with Gasteiger partial charge in [-0.3, -0.25) is 14.4 Å². The monoisotopic (exact) mass is 399 g/mol. The van der Waals surface area contributed by atoms with Crippen LogP contribution in [0.25, 0.3) is 5.57 Å². The van der Waals surface area contributed by atoms with Crippen molar-refractivity contribution in [3.8, 4) is 5.75 Å². The highest BCUT2D eigenvalue weighted by atomic mass is 16.5. The molecule has 2 bridgehead atoms. The minimum Gasteiger partial charge on any atom is -0.427 e. The lowest BCUT2D eigenvalue weighted by atomic mass is 9.85. The molecule has 5 rings (SSSR count). The van der Waals surface area contributed by atoms with Crippen molar-refractivity contribution in [2.24, 2.45) is 23.7 Å². The molecule has 2 aromatic carbocycles. The molecule has 0 N–H and O–H groups in total. The van der Waals surface area contributed by atoms with Gasteiger partial charge in [-0.15, -0.1) is 0 Å². The molecule has 4 atom stereocenters. The summed E-state index contributed by atoms with van der Waals surface area (Å²) in [5.74, 6) is -1.36. The Balaban J connectivity index is 1.51. The SMILES string of the molecule is CC(=O)Oc1cccc(N2C(=O)[C@@H]3[C@H](C2=O)[C@H]2C=C[C@H]3C2=C(C)c2ccccc2)c1. The van der Waals surface area contributed by atoms with Crippen molar-refractivity contribution in [2.75, 3.05) is 4.90 Å². The molecule has 2 aromatic rings. The number of amides is 2. The van der Waals surface area contributed by atoms with Crippen molar-refractivity contribution < 1.29 is 19.1 Å². The van der Waals surface area contributed by atoms with Crippen LogP contribution in [-0.2, 0) is 14.4 Å². The average Bonchev–Trinajstić information content (AvgIpc) is 3.37. The topological polar surface area (TPSA) is 63.7 Å². The van der Waals surface area contributed by atoms with E-state index in [1.54, 1.807) is 24.3 Å². The van der Waals surface area contributed by atoms with Gasteiger partial charge in [0, 0.05) is 24.8 Å². The van der Waals surface area contributed by atoms with Crippen molar-refractivity contribution in [1.82, 2.24) is 0 Å². The lowest BCUT2D eigenvalue weighted by Gasteiger charge is -2.20. The van der Waals surface area contributed by atoms with E-state index in [0.29, 0.717) is 11.4 Å². The van der Waals surface area contributed by atoms with E-state index in [9.17, 15) is 14.4 Å². The molecule has 0 spiro atoms. The Bertz CT molecular complexity index is 1100. The molecule has 5 nitrogen and oxygen atoms in total. The summed E-state index contributed by atoms with van der Waals surface area (Å²) in [7, 11) is 0. The zero-order chi connectivity index (χ0) is 21.0. The molecule has 2 aliphatic carbocycles. The molecule has 3 aliphatic rings. The Kier molecular flexibility index (Phi) is 4.21. The maximum absolute atomic E-state index is 13.4. The second-order valence-corrected chi connectivity index (χ2v) is 8.04. The summed E-state index contributed by atoms with van der Waals surface area (Å²) in [5, 5.41) is 0. The van der Waals surface area contributed by atoms with Crippen LogP contribution in [0, 0.1) is 23.7 Å². The molecule has 1 aliphatic heterocycles. The molecule has 1 heterocycles. The first kappa shape index (κ1) is 18.6. The molecule has 5 heteroatoms. The van der Waals surface area contributed by atoms with Crippen LogP contribution in [-0.4, -0.2) is 17.8 Å². The second kappa shape index (κ2) is 6.80. The zero-order valence-electron chi connectivity index (χ0n) is 16.7. The Morgan fingerprint density at radius 3 is 2.10 bits per heavy atom. The van der Waals surface area contributed by atoms with Gasteiger partial charge < -0.3 is 4.74 Å². The van der Waals surface area contributed by atoms with Crippen molar-refractivity contribution in [3.63, 3.8) is 0 Å². The highest BCUT2D eigenvalue weighted by molar-refractivity contribution is 6.23. The van der Waals surface area contributed by atoms with Gasteiger partial charge >= 0.3 is 5.97 Å². The lowest BCUT2D eigenvalue weighted by molar-refractivity contribution is -0.132. The summed E-state index contributed by atoms with van der Waals surface area (Å²) in [6.07, 6.45) is 4.16. The third kappa shape index (κ3) is 2.65. The fourth-order valence-electron chi connectivity index (χ4n) is 5.22. The first-order valence-corrected chi connectivity index (χ1v) is 10.1. The van der Waals surface area contributed by atoms with Gasteiger partial charge in [0.05, 0.1) is 17.5 Å². The van der Waals surface area contributed by atoms with Gasteiger partial charge in [0.2, 0.25) is 11.8 Å². The van der Waals surface area contributed by atoms with Gasteiger partial charge in [-0.25, -0.2) is 4.90 Å². The lowest BCUT2D eigenvalue weighted by Crippen LogP contribution is -2.33. The van der Waals surface area contributed by atoms with E-state index in [4.69, 9.17) is 4.74 Å². The average molecular weight is 399 g/mol. The van der Waals surface area contributed by atoms with Gasteiger partial charge in [0.25, 0.3) is 0 Å². The maximum atomic E-state index is 13.4. The minimum absolute atomic E-state index is 0.0571. The number of hydrogen-bond donors (Lipinski definition) is 0. The molecular weight excluding hydrogens is 378 g/mol. The molecule has 0 unspecified atom stereocenters. The molecule has 0 aromatic heterocycles. The van der Waals surface area contributed by atoms with Crippen molar-refractivity contribution in [2.45, 2.75) is 13.8 Å². The van der Waals surface area contributed by atoms with Gasteiger partial charge in [-0.05, 0) is 30.2 Å². The third-order valence-corrected chi connectivity index (χ3v) is 6.39. The van der Waals surface area contributed by atoms with Gasteiger partial charge in [-0.2, -0.15) is 0 Å². The molecule has 0 radical (unpaired) electrons. The first-order chi connectivity index (χ1) is 14.5. The van der Waals surface area contributed by atoms with Crippen molar-refractivity contribution >= 4 is 29.0 Å². The van der Waals surface area contributed by atoms with Crippen LogP contribution in [0.5, 0.6) is 5.75 Å². The van der Waals surface area contributed by atoms with Crippen LogP contribution in [0.4, 0.5) is 5.69 Å². The highest BCUT2D eigenvalue weighted by Crippen LogP contribution is 2.58. The Morgan fingerprint density at radius 1 is 0.867 bits per heavy atom. The number of fused-ring (bicyclic) bond motifs is 5. The predicted octanol–water partition coefficient (Wildman–Crippen LogP) is 4.01. The fraction of sp³-hybridized carbons (Fsp3) is 0.240. The minimum atomic E-state index is -0.448. The van der Waals surface area contributed by atoms with Gasteiger partial charge in [-0.1, -0.05) is 54.1 Å². The largest absolute Gasteiger partial charge is 0.427 e. The summed E-state index contributed by atoms with van der Waals surface area (Å²) < 4.78 is 5.12. The molecule has 2 fully saturated rings. The Labute approximate surface area is 174 Å². The van der Waals surface area contributed by atoms with Gasteiger partial charge in [0.15, 0.2) is 0 Å². The standard InChI is InChI=1S/C25H21NO4/c1-14(16-7-4-3-5-8-16)21-19-11-12-20(21)23-22(19)24(28)26(25(23)29)17-9-6-10-18(13-17)30-15(2)27/h3-13,19-20,22-23H,1-2H3/t19-,20-,22-,23+/m0/s1. The number of esters is 1. The van der Waals surface area contributed by atoms with E-state index >= 15 is 0 Å². The molecular formula is C25H21NO4. The van der Waals surface area contributed by atoms with Crippen LogP contribution in [0.15, 0.2) is 72.3 Å². The van der Waals surface area contributed by atoms with Gasteiger partial charge in [0.1, 0.15) is 5.75 Å². The van der Waals surface area contributed by atoms with Crippen LogP contribution in [0.1, 0.15) is 19.4 Å². The summed E-state index contributed by atoms with van der Waals surface area (Å²) in [6.45, 7) is 3.39. The number of nitrogens with zero attached hydrogens (tertiary/aromatic N) is 1. The number of benzene rings is 2. The van der Waals surface area contributed by atoms with E-state index in [0.717, 1.165) is 11.1 Å².